The van der Waals surface area contributed by atoms with E-state index in [0.29, 0.717) is 24.7 Å². The van der Waals surface area contributed by atoms with Crippen molar-refractivity contribution in [1.29, 1.82) is 0 Å². The number of anilines is 1. The van der Waals surface area contributed by atoms with Gasteiger partial charge in [-0.05, 0) is 83.2 Å². The van der Waals surface area contributed by atoms with Gasteiger partial charge in [0.05, 0.1) is 28.0 Å². The second kappa shape index (κ2) is 11.2. The average Bonchev–Trinajstić information content (AvgIpc) is 3.39. The molecule has 4 aromatic heterocycles. The predicted molar refractivity (Wildman–Crippen MR) is 133 cm³/mol. The van der Waals surface area contributed by atoms with Crippen LogP contribution in [0, 0.1) is 6.92 Å². The molecule has 0 radical (unpaired) electrons. The minimum Gasteiger partial charge on any atom is -0.467 e. The summed E-state index contributed by atoms with van der Waals surface area (Å²) in [5, 5.41) is 4.32. The number of rotatable bonds is 5. The van der Waals surface area contributed by atoms with Crippen molar-refractivity contribution in [3.63, 3.8) is 0 Å². The summed E-state index contributed by atoms with van der Waals surface area (Å²) >= 11 is 23.7. The van der Waals surface area contributed by atoms with Crippen molar-refractivity contribution >= 4 is 73.9 Å². The Kier molecular flexibility index (Phi) is 8.07. The molecule has 0 bridgehead atoms. The third-order valence-electron chi connectivity index (χ3n) is 4.13. The molecule has 0 aliphatic heterocycles. The monoisotopic (exact) mass is 554 g/mol. The first-order valence-corrected chi connectivity index (χ1v) is 11.9. The smallest absolute Gasteiger partial charge is 0.227 e. The summed E-state index contributed by atoms with van der Waals surface area (Å²) in [6.07, 6.45) is 2.20. The van der Waals surface area contributed by atoms with Crippen LogP contribution < -0.4 is 5.32 Å². The third-order valence-corrected chi connectivity index (χ3v) is 5.74. The highest BCUT2D eigenvalue weighted by Crippen LogP contribution is 2.23. The number of halogens is 4. The Labute approximate surface area is 217 Å². The summed E-state index contributed by atoms with van der Waals surface area (Å²) in [7, 11) is 0. The summed E-state index contributed by atoms with van der Waals surface area (Å²) in [6, 6.07) is 9.89. The first kappa shape index (κ1) is 24.5. The normalized spacial score (nSPS) is 10.7. The SMILES string of the molecule is Cc1nc2ccc(Cc3nc(Cl)nc(NCc4ccco4)n3)cc2s1.Clc1nc(Cl)nc(Cl)n1. The predicted octanol–water partition coefficient (Wildman–Crippen LogP) is 6.07. The fraction of sp³-hybridized carbons (Fsp3) is 0.150. The van der Waals surface area contributed by atoms with Crippen LogP contribution in [0.4, 0.5) is 5.95 Å². The number of aryl methyl sites for hydroxylation is 1. The highest BCUT2D eigenvalue weighted by atomic mass is 35.5. The van der Waals surface area contributed by atoms with Gasteiger partial charge in [-0.3, -0.25) is 0 Å². The molecule has 14 heteroatoms. The molecule has 0 saturated carbocycles. The van der Waals surface area contributed by atoms with Crippen molar-refractivity contribution in [2.75, 3.05) is 5.32 Å². The molecular weight excluding hydrogens is 542 g/mol. The first-order valence-electron chi connectivity index (χ1n) is 9.59. The Bertz CT molecular complexity index is 1360. The van der Waals surface area contributed by atoms with E-state index >= 15 is 0 Å². The van der Waals surface area contributed by atoms with Crippen molar-refractivity contribution in [1.82, 2.24) is 34.9 Å². The lowest BCUT2D eigenvalue weighted by Gasteiger charge is -2.06. The summed E-state index contributed by atoms with van der Waals surface area (Å²) in [4.78, 5) is 27.6. The maximum absolute atomic E-state index is 6.04. The number of hydrogen-bond acceptors (Lipinski definition) is 10. The Balaban J connectivity index is 0.000000257. The maximum Gasteiger partial charge on any atom is 0.227 e. The molecule has 0 atom stereocenters. The van der Waals surface area contributed by atoms with E-state index in [0.717, 1.165) is 26.5 Å². The molecule has 1 aromatic carbocycles. The molecule has 0 amide bonds. The summed E-state index contributed by atoms with van der Waals surface area (Å²) < 4.78 is 6.44. The van der Waals surface area contributed by atoms with Gasteiger partial charge in [0.2, 0.25) is 27.1 Å². The first-order chi connectivity index (χ1) is 16.3. The van der Waals surface area contributed by atoms with Crippen LogP contribution in [0.15, 0.2) is 41.0 Å². The topological polar surface area (TPSA) is 115 Å². The van der Waals surface area contributed by atoms with Gasteiger partial charge in [0.1, 0.15) is 11.6 Å². The number of nitrogens with zero attached hydrogens (tertiary/aromatic N) is 7. The van der Waals surface area contributed by atoms with Gasteiger partial charge in [0.15, 0.2) is 0 Å². The Morgan fingerprint density at radius 3 is 2.24 bits per heavy atom. The number of nitrogens with one attached hydrogen (secondary N) is 1. The fourth-order valence-corrected chi connectivity index (χ4v) is 4.49. The molecule has 0 aliphatic carbocycles. The second-order valence-electron chi connectivity index (χ2n) is 6.63. The number of hydrogen-bond donors (Lipinski definition) is 1. The van der Waals surface area contributed by atoms with E-state index < -0.39 is 0 Å². The van der Waals surface area contributed by atoms with Crippen LogP contribution in [0.2, 0.25) is 21.1 Å². The van der Waals surface area contributed by atoms with Crippen LogP contribution >= 0.6 is 57.7 Å². The van der Waals surface area contributed by atoms with Gasteiger partial charge >= 0.3 is 0 Å². The zero-order chi connectivity index (χ0) is 24.1. The minimum absolute atomic E-state index is 0.000000000000000444. The minimum atomic E-state index is 0.000000000000000444. The van der Waals surface area contributed by atoms with Crippen LogP contribution in [0.3, 0.4) is 0 Å². The zero-order valence-electron chi connectivity index (χ0n) is 17.3. The molecule has 0 fully saturated rings. The van der Waals surface area contributed by atoms with E-state index in [4.69, 9.17) is 50.8 Å². The van der Waals surface area contributed by atoms with Crippen molar-refractivity contribution in [3.05, 3.63) is 79.9 Å². The van der Waals surface area contributed by atoms with Crippen molar-refractivity contribution in [3.8, 4) is 0 Å². The highest BCUT2D eigenvalue weighted by molar-refractivity contribution is 7.18. The average molecular weight is 556 g/mol. The molecule has 4 heterocycles. The highest BCUT2D eigenvalue weighted by Gasteiger charge is 2.08. The largest absolute Gasteiger partial charge is 0.467 e. The van der Waals surface area contributed by atoms with Gasteiger partial charge in [0.25, 0.3) is 0 Å². The molecule has 1 N–H and O–H groups in total. The molecule has 0 spiro atoms. The van der Waals surface area contributed by atoms with Gasteiger partial charge in [0, 0.05) is 6.42 Å². The number of benzene rings is 1. The zero-order valence-corrected chi connectivity index (χ0v) is 21.2. The quantitative estimate of drug-likeness (QED) is 0.275. The van der Waals surface area contributed by atoms with Crippen LogP contribution in [0.5, 0.6) is 0 Å². The molecular formula is C20H14Cl4N8OS. The number of fused-ring (bicyclic) bond motifs is 1. The van der Waals surface area contributed by atoms with Gasteiger partial charge < -0.3 is 9.73 Å². The van der Waals surface area contributed by atoms with Crippen LogP contribution in [-0.4, -0.2) is 34.9 Å². The lowest BCUT2D eigenvalue weighted by atomic mass is 10.1. The lowest BCUT2D eigenvalue weighted by molar-refractivity contribution is 0.517. The summed E-state index contributed by atoms with van der Waals surface area (Å²) in [5.74, 6) is 1.84. The van der Waals surface area contributed by atoms with Crippen molar-refractivity contribution < 1.29 is 4.42 Å². The maximum atomic E-state index is 6.04. The van der Waals surface area contributed by atoms with E-state index in [2.05, 4.69) is 46.3 Å². The molecule has 9 nitrogen and oxygen atoms in total. The Hall–Kier alpha value is -2.63. The molecule has 5 aromatic rings. The van der Waals surface area contributed by atoms with E-state index in [-0.39, 0.29) is 21.1 Å². The molecule has 0 unspecified atom stereocenters. The standard InChI is InChI=1S/C17H14ClN5OS.C3Cl3N3/c1-10-20-13-5-4-11(7-14(13)25-10)8-15-21-16(18)23-17(22-15)19-9-12-3-2-6-24-12;4-1-7-2(5)9-3(6)8-1/h2-7H,8-9H2,1H3,(H,19,21,22,23);. The van der Waals surface area contributed by atoms with Crippen molar-refractivity contribution in [2.45, 2.75) is 19.9 Å². The van der Waals surface area contributed by atoms with E-state index in [1.165, 1.54) is 0 Å². The van der Waals surface area contributed by atoms with Gasteiger partial charge in [-0.1, -0.05) is 6.07 Å². The molecule has 0 saturated heterocycles. The third kappa shape index (κ3) is 6.94. The van der Waals surface area contributed by atoms with E-state index in [1.807, 2.05) is 31.2 Å². The lowest BCUT2D eigenvalue weighted by Crippen LogP contribution is -2.07. The van der Waals surface area contributed by atoms with Crippen LogP contribution in [0.1, 0.15) is 22.2 Å². The Morgan fingerprint density at radius 2 is 1.56 bits per heavy atom. The van der Waals surface area contributed by atoms with E-state index in [1.54, 1.807) is 17.6 Å². The molecule has 0 aliphatic rings. The number of thiazole rings is 1. The molecule has 5 rings (SSSR count). The fourth-order valence-electron chi connectivity index (χ4n) is 2.81. The number of furan rings is 1. The Morgan fingerprint density at radius 1 is 0.853 bits per heavy atom. The molecule has 34 heavy (non-hydrogen) atoms. The summed E-state index contributed by atoms with van der Waals surface area (Å²) in [5.41, 5.74) is 2.12. The molecule has 174 valence electrons. The van der Waals surface area contributed by atoms with Gasteiger partial charge in [-0.15, -0.1) is 11.3 Å². The van der Waals surface area contributed by atoms with Crippen LogP contribution in [0.25, 0.3) is 10.2 Å². The van der Waals surface area contributed by atoms with E-state index in [9.17, 15) is 0 Å². The van der Waals surface area contributed by atoms with Gasteiger partial charge in [-0.2, -0.15) is 24.9 Å². The second-order valence-corrected chi connectivity index (χ2v) is 9.22. The summed E-state index contributed by atoms with van der Waals surface area (Å²) in [6.45, 7) is 2.49. The number of aromatic nitrogens is 7. The van der Waals surface area contributed by atoms with Gasteiger partial charge in [-0.25, -0.2) is 9.97 Å². The van der Waals surface area contributed by atoms with Crippen LogP contribution in [-0.2, 0) is 13.0 Å². The van der Waals surface area contributed by atoms with Crippen molar-refractivity contribution in [2.24, 2.45) is 0 Å².